The molecule has 0 unspecified atom stereocenters. The normalized spacial score (nSPS) is 10.7. The van der Waals surface area contributed by atoms with Crippen LogP contribution < -0.4 is 5.43 Å². The van der Waals surface area contributed by atoms with Crippen LogP contribution in [-0.2, 0) is 0 Å². The van der Waals surface area contributed by atoms with Crippen LogP contribution in [0, 0.1) is 0 Å². The van der Waals surface area contributed by atoms with Crippen molar-refractivity contribution in [2.45, 2.75) is 0 Å². The Balaban J connectivity index is 2.05. The Morgan fingerprint density at radius 2 is 1.90 bits per heavy atom. The largest absolute Gasteiger partial charge is 0.507 e. The van der Waals surface area contributed by atoms with Gasteiger partial charge in [0.25, 0.3) is 5.91 Å². The second-order valence-corrected chi connectivity index (χ2v) is 4.70. The molecule has 0 atom stereocenters. The van der Waals surface area contributed by atoms with Crippen molar-refractivity contribution in [3.8, 4) is 5.75 Å². The minimum atomic E-state index is -0.421. The lowest BCUT2D eigenvalue weighted by molar-refractivity contribution is 0.0955. The van der Waals surface area contributed by atoms with E-state index in [1.807, 2.05) is 0 Å². The Labute approximate surface area is 125 Å². The fourth-order valence-corrected chi connectivity index (χ4v) is 1.76. The summed E-state index contributed by atoms with van der Waals surface area (Å²) in [5.41, 5.74) is 3.18. The van der Waals surface area contributed by atoms with E-state index in [-0.39, 0.29) is 5.75 Å². The summed E-state index contributed by atoms with van der Waals surface area (Å²) in [6.45, 7) is 0. The van der Waals surface area contributed by atoms with Crippen LogP contribution in [0.15, 0.2) is 47.6 Å². The van der Waals surface area contributed by atoms with E-state index in [4.69, 9.17) is 23.2 Å². The monoisotopic (exact) mass is 308 g/mol. The van der Waals surface area contributed by atoms with Gasteiger partial charge in [-0.25, -0.2) is 5.43 Å². The highest BCUT2D eigenvalue weighted by atomic mass is 35.5. The first kappa shape index (κ1) is 14.4. The van der Waals surface area contributed by atoms with Gasteiger partial charge >= 0.3 is 0 Å². The van der Waals surface area contributed by atoms with Gasteiger partial charge < -0.3 is 5.11 Å². The highest BCUT2D eigenvalue weighted by Crippen LogP contribution is 2.22. The molecule has 0 aliphatic heterocycles. The molecular formula is C14H10Cl2N2O2. The summed E-state index contributed by atoms with van der Waals surface area (Å²) in [4.78, 5) is 11.8. The van der Waals surface area contributed by atoms with Crippen molar-refractivity contribution >= 4 is 35.3 Å². The lowest BCUT2D eigenvalue weighted by Crippen LogP contribution is -2.17. The minimum Gasteiger partial charge on any atom is -0.507 e. The summed E-state index contributed by atoms with van der Waals surface area (Å²) in [6, 6.07) is 11.2. The van der Waals surface area contributed by atoms with Crippen LogP contribution >= 0.6 is 23.2 Å². The van der Waals surface area contributed by atoms with Gasteiger partial charge in [0.2, 0.25) is 0 Å². The molecule has 0 radical (unpaired) electrons. The molecule has 2 rings (SSSR count). The first-order chi connectivity index (χ1) is 9.58. The Morgan fingerprint density at radius 3 is 2.60 bits per heavy atom. The molecule has 2 aromatic rings. The maximum Gasteiger partial charge on any atom is 0.271 e. The zero-order valence-corrected chi connectivity index (χ0v) is 11.7. The number of aromatic hydroxyl groups is 1. The predicted octanol–water partition coefficient (Wildman–Crippen LogP) is 3.46. The van der Waals surface area contributed by atoms with E-state index in [0.717, 1.165) is 0 Å². The molecule has 0 heterocycles. The van der Waals surface area contributed by atoms with Gasteiger partial charge in [-0.15, -0.1) is 0 Å². The van der Waals surface area contributed by atoms with Crippen molar-refractivity contribution in [2.75, 3.05) is 0 Å². The van der Waals surface area contributed by atoms with E-state index in [0.29, 0.717) is 21.2 Å². The van der Waals surface area contributed by atoms with Crippen molar-refractivity contribution in [2.24, 2.45) is 5.10 Å². The van der Waals surface area contributed by atoms with Gasteiger partial charge in [-0.3, -0.25) is 4.79 Å². The van der Waals surface area contributed by atoms with Gasteiger partial charge in [0.1, 0.15) is 5.75 Å². The number of hydrogen-bond acceptors (Lipinski definition) is 3. The third-order valence-electron chi connectivity index (χ3n) is 2.49. The Kier molecular flexibility index (Phi) is 4.61. The number of amides is 1. The molecule has 0 fully saturated rings. The molecule has 20 heavy (non-hydrogen) atoms. The third-order valence-corrected chi connectivity index (χ3v) is 3.23. The fraction of sp³-hybridized carbons (Fsp3) is 0. The fourth-order valence-electron chi connectivity index (χ4n) is 1.46. The first-order valence-electron chi connectivity index (χ1n) is 5.64. The van der Waals surface area contributed by atoms with Gasteiger partial charge in [-0.1, -0.05) is 35.3 Å². The first-order valence-corrected chi connectivity index (χ1v) is 6.40. The summed E-state index contributed by atoms with van der Waals surface area (Å²) in [7, 11) is 0. The number of nitrogens with one attached hydrogen (secondary N) is 1. The number of halogens is 2. The summed E-state index contributed by atoms with van der Waals surface area (Å²) >= 11 is 11.6. The van der Waals surface area contributed by atoms with Gasteiger partial charge in [0.05, 0.1) is 16.3 Å². The zero-order valence-electron chi connectivity index (χ0n) is 10.2. The van der Waals surface area contributed by atoms with Crippen molar-refractivity contribution in [3.63, 3.8) is 0 Å². The van der Waals surface area contributed by atoms with E-state index < -0.39 is 5.91 Å². The maximum atomic E-state index is 11.8. The van der Waals surface area contributed by atoms with Crippen LogP contribution in [0.4, 0.5) is 0 Å². The summed E-state index contributed by atoms with van der Waals surface area (Å²) in [6.07, 6.45) is 1.35. The number of phenolic OH excluding ortho intramolecular Hbond substituents is 1. The number of carbonyl (C=O) groups is 1. The third kappa shape index (κ3) is 3.50. The average molecular weight is 309 g/mol. The molecule has 0 saturated carbocycles. The van der Waals surface area contributed by atoms with E-state index in [9.17, 15) is 9.90 Å². The number of para-hydroxylation sites is 1. The van der Waals surface area contributed by atoms with Crippen LogP contribution in [0.1, 0.15) is 15.9 Å². The van der Waals surface area contributed by atoms with Gasteiger partial charge in [0, 0.05) is 11.1 Å². The van der Waals surface area contributed by atoms with Gasteiger partial charge in [0.15, 0.2) is 0 Å². The number of rotatable bonds is 3. The van der Waals surface area contributed by atoms with Crippen LogP contribution in [0.25, 0.3) is 0 Å². The Bertz CT molecular complexity index is 672. The molecule has 2 aromatic carbocycles. The second-order valence-electron chi connectivity index (χ2n) is 3.89. The quantitative estimate of drug-likeness (QED) is 0.674. The molecule has 0 aliphatic rings. The van der Waals surface area contributed by atoms with Crippen molar-refractivity contribution in [1.82, 2.24) is 5.43 Å². The zero-order chi connectivity index (χ0) is 14.5. The lowest BCUT2D eigenvalue weighted by Gasteiger charge is -2.02. The van der Waals surface area contributed by atoms with Crippen LogP contribution in [0.2, 0.25) is 10.0 Å². The van der Waals surface area contributed by atoms with Gasteiger partial charge in [-0.05, 0) is 30.3 Å². The molecule has 0 bridgehead atoms. The Morgan fingerprint density at radius 1 is 1.15 bits per heavy atom. The van der Waals surface area contributed by atoms with Crippen molar-refractivity contribution < 1.29 is 9.90 Å². The number of benzene rings is 2. The average Bonchev–Trinajstić information content (AvgIpc) is 2.44. The molecular weight excluding hydrogens is 299 g/mol. The molecule has 4 nitrogen and oxygen atoms in total. The van der Waals surface area contributed by atoms with Crippen LogP contribution in [-0.4, -0.2) is 17.2 Å². The molecule has 0 aliphatic carbocycles. The van der Waals surface area contributed by atoms with E-state index in [2.05, 4.69) is 10.5 Å². The van der Waals surface area contributed by atoms with Crippen molar-refractivity contribution in [3.05, 3.63) is 63.6 Å². The minimum absolute atomic E-state index is 0.0834. The van der Waals surface area contributed by atoms with E-state index in [1.54, 1.807) is 24.3 Å². The van der Waals surface area contributed by atoms with E-state index >= 15 is 0 Å². The standard InChI is InChI=1S/C14H10Cl2N2O2/c15-11-6-5-9(7-12(11)16)14(20)18-17-8-10-3-1-2-4-13(10)19/h1-8,19H,(H,18,20)/b17-8-. The van der Waals surface area contributed by atoms with E-state index in [1.165, 1.54) is 24.4 Å². The molecule has 0 saturated heterocycles. The topological polar surface area (TPSA) is 61.7 Å². The maximum absolute atomic E-state index is 11.8. The summed E-state index contributed by atoms with van der Waals surface area (Å²) in [5.74, 6) is -0.338. The number of hydrazone groups is 1. The number of phenols is 1. The van der Waals surface area contributed by atoms with Gasteiger partial charge in [-0.2, -0.15) is 5.10 Å². The smallest absolute Gasteiger partial charge is 0.271 e. The van der Waals surface area contributed by atoms with Crippen LogP contribution in [0.5, 0.6) is 5.75 Å². The van der Waals surface area contributed by atoms with Crippen molar-refractivity contribution in [1.29, 1.82) is 0 Å². The highest BCUT2D eigenvalue weighted by molar-refractivity contribution is 6.42. The molecule has 2 N–H and O–H groups in total. The summed E-state index contributed by atoms with van der Waals surface area (Å²) in [5, 5.41) is 14.0. The SMILES string of the molecule is O=C(N/N=C\c1ccccc1O)c1ccc(Cl)c(Cl)c1. The molecule has 102 valence electrons. The van der Waals surface area contributed by atoms with Crippen LogP contribution in [0.3, 0.4) is 0 Å². The summed E-state index contributed by atoms with van der Waals surface area (Å²) < 4.78 is 0. The molecule has 6 heteroatoms. The number of hydrogen-bond donors (Lipinski definition) is 2. The molecule has 0 aromatic heterocycles. The molecule has 0 spiro atoms. The molecule has 1 amide bonds. The Hall–Kier alpha value is -2.04. The lowest BCUT2D eigenvalue weighted by atomic mass is 10.2. The second kappa shape index (κ2) is 6.41. The number of carbonyl (C=O) groups excluding carboxylic acids is 1. The predicted molar refractivity (Wildman–Crippen MR) is 79.6 cm³/mol. The number of nitrogens with zero attached hydrogens (tertiary/aromatic N) is 1. The highest BCUT2D eigenvalue weighted by Gasteiger charge is 2.06.